The van der Waals surface area contributed by atoms with Crippen molar-refractivity contribution in [2.24, 2.45) is 17.4 Å². The molecule has 0 aromatic rings. The molecule has 3 rings (SSSR count). The van der Waals surface area contributed by atoms with E-state index in [2.05, 4.69) is 47.9 Å². The van der Waals surface area contributed by atoms with Crippen LogP contribution in [0.4, 0.5) is 0 Å². The molecule has 560 valence electrons. The van der Waals surface area contributed by atoms with Crippen LogP contribution in [0.1, 0.15) is 128 Å². The van der Waals surface area contributed by atoms with E-state index in [0.29, 0.717) is 6.42 Å². The summed E-state index contributed by atoms with van der Waals surface area (Å²) < 4.78 is 53.1. The quantitative estimate of drug-likeness (QED) is 0.0203. The summed E-state index contributed by atoms with van der Waals surface area (Å²) in [6.07, 6.45) is -18.4. The van der Waals surface area contributed by atoms with Crippen LogP contribution < -0.4 is 59.3 Å². The molecule has 0 bridgehead atoms. The lowest BCUT2D eigenvalue weighted by molar-refractivity contribution is -0.334. The Morgan fingerprint density at radius 1 is 0.520 bits per heavy atom. The topological polar surface area (TPSA) is 574 Å². The predicted molar refractivity (Wildman–Crippen MR) is 334 cm³/mol. The Balaban J connectivity index is 2.31. The number of rotatable bonds is 37. The fraction of sp³-hybridized carbons (Fsp3) is 0.700. The number of carboxylic acid groups (broad SMARTS) is 1. The van der Waals surface area contributed by atoms with Crippen LogP contribution in [0.3, 0.4) is 0 Å². The standard InChI is InChI=1S/C60H92N12O28/c1-25(2)20-38(70-55(88)37(66-28(5)73)16-18-45(84)85)56(89)65-26(3)53(86)71-46(58(91)69-36(15-17-42(61)81)54(87)64-22-44(83)72-19-13-14-39(72)57(90)63-21-43(62)82)27(4)94-59-48(68-30(7)75)52(50(96-34(11)79)41(98-59)24-93-32(9)77)100-60-47(67-29(6)74)51(97-35(12)80)49(95-33(10)78)40(99-60)23-92-31(8)76/h25-27,36-41,46-52,59-60H,13-24H2,1-12H3,(H2,61,81)(H2,62,82)(H,63,90)(H,64,87)(H,65,89)(H,66,73)(H,67,74)(H,68,75)(H,69,91)(H,70,88)(H,71,86)(H,84,85)/t26-,27+,36-,37-,38-,39-,40+,41+,46-,47+,48+,49-,50-,51+,52+,59-,60+/m0/s1. The van der Waals surface area contributed by atoms with E-state index in [1.54, 1.807) is 13.8 Å². The second kappa shape index (κ2) is 40.4. The van der Waals surface area contributed by atoms with Gasteiger partial charge in [0, 0.05) is 74.8 Å². The van der Waals surface area contributed by atoms with Crippen molar-refractivity contribution < 1.29 is 134 Å². The zero-order valence-electron chi connectivity index (χ0n) is 57.4. The third-order valence-electron chi connectivity index (χ3n) is 15.0. The Kier molecular flexibility index (Phi) is 34.1. The van der Waals surface area contributed by atoms with Crippen LogP contribution in [-0.2, 0) is 129 Å². The first-order chi connectivity index (χ1) is 46.7. The van der Waals surface area contributed by atoms with Crippen molar-refractivity contribution in [1.29, 1.82) is 0 Å². The molecule has 12 amide bonds. The van der Waals surface area contributed by atoms with Gasteiger partial charge in [0.1, 0.15) is 79.9 Å². The van der Waals surface area contributed by atoms with Gasteiger partial charge in [-0.3, -0.25) is 86.3 Å². The Bertz CT molecular complexity index is 3030. The molecule has 40 nitrogen and oxygen atoms in total. The molecule has 3 heterocycles. The number of amides is 12. The third kappa shape index (κ3) is 28.3. The van der Waals surface area contributed by atoms with Gasteiger partial charge in [0.05, 0.1) is 19.2 Å². The van der Waals surface area contributed by atoms with E-state index < -0.39 is 262 Å². The molecule has 0 spiro atoms. The predicted octanol–water partition coefficient (Wildman–Crippen LogP) is -6.49. The van der Waals surface area contributed by atoms with Crippen molar-refractivity contribution in [1.82, 2.24) is 52.8 Å². The van der Waals surface area contributed by atoms with Gasteiger partial charge in [-0.15, -0.1) is 0 Å². The molecule has 3 aliphatic rings. The molecular formula is C60H92N12O28. The number of hydrogen-bond acceptors (Lipinski definition) is 27. The summed E-state index contributed by atoms with van der Waals surface area (Å²) in [6, 6.07) is -13.3. The van der Waals surface area contributed by atoms with Crippen molar-refractivity contribution in [2.75, 3.05) is 32.8 Å². The van der Waals surface area contributed by atoms with E-state index in [1.165, 1.54) is 0 Å². The number of hydrogen-bond donors (Lipinski definition) is 12. The van der Waals surface area contributed by atoms with Gasteiger partial charge in [0.2, 0.25) is 70.9 Å². The Labute approximate surface area is 573 Å². The number of carbonyl (C=O) groups is 18. The van der Waals surface area contributed by atoms with Crippen molar-refractivity contribution >= 4 is 107 Å². The van der Waals surface area contributed by atoms with Crippen molar-refractivity contribution in [3.63, 3.8) is 0 Å². The molecule has 0 radical (unpaired) electrons. The molecule has 0 aliphatic carbocycles. The minimum absolute atomic E-state index is 0.0397. The average molecular weight is 1430 g/mol. The van der Waals surface area contributed by atoms with Crippen LogP contribution in [0.2, 0.25) is 0 Å². The molecule has 0 aromatic carbocycles. The van der Waals surface area contributed by atoms with Gasteiger partial charge in [0.25, 0.3) is 0 Å². The summed E-state index contributed by atoms with van der Waals surface area (Å²) in [5.41, 5.74) is 10.6. The molecule has 0 saturated carbocycles. The summed E-state index contributed by atoms with van der Waals surface area (Å²) in [5, 5.41) is 31.1. The number of esters is 5. The van der Waals surface area contributed by atoms with E-state index >= 15 is 4.79 Å². The third-order valence-corrected chi connectivity index (χ3v) is 15.0. The van der Waals surface area contributed by atoms with E-state index in [-0.39, 0.29) is 25.3 Å². The zero-order chi connectivity index (χ0) is 75.6. The zero-order valence-corrected chi connectivity index (χ0v) is 57.4. The number of nitrogens with zero attached hydrogens (tertiary/aromatic N) is 1. The van der Waals surface area contributed by atoms with Gasteiger partial charge >= 0.3 is 35.8 Å². The van der Waals surface area contributed by atoms with Crippen LogP contribution in [0.15, 0.2) is 0 Å². The Morgan fingerprint density at radius 3 is 1.52 bits per heavy atom. The molecule has 0 aromatic heterocycles. The highest BCUT2D eigenvalue weighted by molar-refractivity contribution is 5.98. The summed E-state index contributed by atoms with van der Waals surface area (Å²) in [6.45, 7) is 10.6. The maximum Gasteiger partial charge on any atom is 0.303 e. The maximum absolute atomic E-state index is 15.1. The fourth-order valence-electron chi connectivity index (χ4n) is 10.7. The first-order valence-corrected chi connectivity index (χ1v) is 31.8. The summed E-state index contributed by atoms with van der Waals surface area (Å²) in [5.74, 6) is -18.1. The first-order valence-electron chi connectivity index (χ1n) is 31.8. The lowest BCUT2D eigenvalue weighted by Crippen LogP contribution is -2.71. The molecule has 40 heteroatoms. The number of aliphatic carboxylic acids is 1. The van der Waals surface area contributed by atoms with E-state index in [9.17, 15) is 86.6 Å². The lowest BCUT2D eigenvalue weighted by atomic mass is 9.93. The minimum atomic E-state index is -2.16. The van der Waals surface area contributed by atoms with E-state index in [0.717, 1.165) is 74.1 Å². The minimum Gasteiger partial charge on any atom is -0.481 e. The summed E-state index contributed by atoms with van der Waals surface area (Å²) in [7, 11) is 0. The van der Waals surface area contributed by atoms with Crippen LogP contribution in [0, 0.1) is 5.92 Å². The molecule has 3 saturated heterocycles. The van der Waals surface area contributed by atoms with Gasteiger partial charge < -0.3 is 112 Å². The fourth-order valence-corrected chi connectivity index (χ4v) is 10.7. The first kappa shape index (κ1) is 84.5. The molecular weight excluding hydrogens is 1340 g/mol. The Morgan fingerprint density at radius 2 is 1.02 bits per heavy atom. The monoisotopic (exact) mass is 1430 g/mol. The average Bonchev–Trinajstić information content (AvgIpc) is 0.869. The summed E-state index contributed by atoms with van der Waals surface area (Å²) >= 11 is 0. The highest BCUT2D eigenvalue weighted by Crippen LogP contribution is 2.34. The number of carboxylic acids is 1. The Hall–Kier alpha value is -9.70. The molecule has 100 heavy (non-hydrogen) atoms. The van der Waals surface area contributed by atoms with Crippen LogP contribution in [-0.4, -0.2) is 253 Å². The smallest absolute Gasteiger partial charge is 0.303 e. The summed E-state index contributed by atoms with van der Waals surface area (Å²) in [4.78, 5) is 236. The second-order valence-electron chi connectivity index (χ2n) is 24.1. The van der Waals surface area contributed by atoms with Crippen LogP contribution in [0.25, 0.3) is 0 Å². The maximum atomic E-state index is 15.1. The SMILES string of the molecule is CC(=O)N[C@H]1[C@@H](O[C@@H]2[C@@H](NC(C)=O)[C@@H](O[C@H](C)[C@H](NC(=O)[C@H](C)NC(=O)[C@H](CC(C)C)NC(=O)[C@H](CCC(=O)O)NC(C)=O)C(=O)N[C@@H](CCC(N)=O)C(=O)NCC(=O)N3CCC[C@H]3C(=O)NCC(N)=O)O[C@H](COC(C)=O)[C@@H]2OC(C)=O)O[C@H](COC(C)=O)[C@H](OC(C)=O)[C@@H]1OC(C)=O. The highest BCUT2D eigenvalue weighted by Gasteiger charge is 2.57. The van der Waals surface area contributed by atoms with Gasteiger partial charge in [-0.1, -0.05) is 13.8 Å². The van der Waals surface area contributed by atoms with Crippen molar-refractivity contribution in [3.8, 4) is 0 Å². The van der Waals surface area contributed by atoms with Gasteiger partial charge in [0.15, 0.2) is 30.9 Å². The normalized spacial score (nSPS) is 23.4. The number of primary amides is 2. The van der Waals surface area contributed by atoms with Gasteiger partial charge in [-0.25, -0.2) is 0 Å². The molecule has 14 N–H and O–H groups in total. The largest absolute Gasteiger partial charge is 0.481 e. The molecule has 3 fully saturated rings. The van der Waals surface area contributed by atoms with Gasteiger partial charge in [-0.05, 0) is 51.9 Å². The molecule has 0 unspecified atom stereocenters. The highest BCUT2D eigenvalue weighted by atomic mass is 16.7. The van der Waals surface area contributed by atoms with E-state index in [1.807, 2.05) is 0 Å². The van der Waals surface area contributed by atoms with E-state index in [4.69, 9.17) is 54.1 Å². The van der Waals surface area contributed by atoms with Crippen LogP contribution >= 0.6 is 0 Å². The van der Waals surface area contributed by atoms with Crippen molar-refractivity contribution in [2.45, 2.75) is 232 Å². The van der Waals surface area contributed by atoms with Crippen LogP contribution in [0.5, 0.6) is 0 Å². The van der Waals surface area contributed by atoms with Crippen molar-refractivity contribution in [3.05, 3.63) is 0 Å². The molecule has 3 aliphatic heterocycles. The second-order valence-corrected chi connectivity index (χ2v) is 24.1. The number of likely N-dealkylation sites (tertiary alicyclic amines) is 1. The number of carbonyl (C=O) groups excluding carboxylic acids is 17. The number of ether oxygens (including phenoxy) is 9. The van der Waals surface area contributed by atoms with Gasteiger partial charge in [-0.2, -0.15) is 0 Å². The molecule has 17 atom stereocenters. The number of nitrogens with one attached hydrogen (secondary N) is 9. The number of nitrogens with two attached hydrogens (primary N) is 2. The lowest BCUT2D eigenvalue weighted by Gasteiger charge is -2.50.